The predicted octanol–water partition coefficient (Wildman–Crippen LogP) is 3.30. The molecule has 1 saturated carbocycles. The second-order valence-electron chi connectivity index (χ2n) is 6.14. The molecule has 0 bridgehead atoms. The molecular formula is C15H27N3. The molecule has 0 aliphatic heterocycles. The van der Waals surface area contributed by atoms with Crippen molar-refractivity contribution >= 4 is 0 Å². The summed E-state index contributed by atoms with van der Waals surface area (Å²) < 4.78 is 2.17. The Kier molecular flexibility index (Phi) is 4.10. The number of rotatable bonds is 5. The molecule has 0 spiro atoms. The van der Waals surface area contributed by atoms with Crippen molar-refractivity contribution in [3.05, 3.63) is 18.0 Å². The summed E-state index contributed by atoms with van der Waals surface area (Å²) in [6, 6.07) is 2.78. The van der Waals surface area contributed by atoms with E-state index < -0.39 is 0 Å². The average molecular weight is 249 g/mol. The summed E-state index contributed by atoms with van der Waals surface area (Å²) in [7, 11) is 0. The Morgan fingerprint density at radius 1 is 1.44 bits per heavy atom. The van der Waals surface area contributed by atoms with Gasteiger partial charge in [-0.05, 0) is 31.2 Å². The number of hydrogen-bond donors (Lipinski definition) is 1. The number of nitrogens with two attached hydrogens (primary N) is 1. The third-order valence-electron chi connectivity index (χ3n) is 4.68. The molecular weight excluding hydrogens is 222 g/mol. The number of aromatic nitrogens is 2. The molecule has 1 heterocycles. The molecule has 1 aliphatic carbocycles. The lowest BCUT2D eigenvalue weighted by atomic mass is 9.81. The van der Waals surface area contributed by atoms with Gasteiger partial charge in [-0.1, -0.05) is 33.6 Å². The first-order chi connectivity index (χ1) is 8.55. The van der Waals surface area contributed by atoms with Crippen molar-refractivity contribution in [2.45, 2.75) is 70.9 Å². The Hall–Kier alpha value is -0.830. The van der Waals surface area contributed by atoms with Crippen molar-refractivity contribution in [3.8, 4) is 0 Å². The van der Waals surface area contributed by atoms with Gasteiger partial charge in [-0.15, -0.1) is 0 Å². The second kappa shape index (κ2) is 5.43. The molecule has 1 aliphatic rings. The van der Waals surface area contributed by atoms with Gasteiger partial charge in [-0.2, -0.15) is 5.10 Å². The van der Waals surface area contributed by atoms with Crippen molar-refractivity contribution in [1.29, 1.82) is 0 Å². The zero-order valence-corrected chi connectivity index (χ0v) is 12.0. The summed E-state index contributed by atoms with van der Waals surface area (Å²) in [5, 5.41) is 4.74. The Balaban J connectivity index is 2.05. The molecule has 0 radical (unpaired) electrons. The third kappa shape index (κ3) is 2.77. The van der Waals surface area contributed by atoms with Gasteiger partial charge in [0.05, 0.1) is 11.7 Å². The average Bonchev–Trinajstić information content (AvgIpc) is 2.97. The fourth-order valence-electron chi connectivity index (χ4n) is 2.92. The van der Waals surface area contributed by atoms with Gasteiger partial charge in [-0.25, -0.2) is 0 Å². The van der Waals surface area contributed by atoms with Gasteiger partial charge in [0, 0.05) is 18.2 Å². The fourth-order valence-corrected chi connectivity index (χ4v) is 2.92. The third-order valence-corrected chi connectivity index (χ3v) is 4.68. The van der Waals surface area contributed by atoms with E-state index in [-0.39, 0.29) is 5.54 Å². The van der Waals surface area contributed by atoms with Crippen molar-refractivity contribution in [2.24, 2.45) is 11.7 Å². The van der Waals surface area contributed by atoms with Crippen LogP contribution in [-0.4, -0.2) is 15.3 Å². The second-order valence-corrected chi connectivity index (χ2v) is 6.14. The lowest BCUT2D eigenvalue weighted by Crippen LogP contribution is -2.46. The first-order valence-corrected chi connectivity index (χ1v) is 7.38. The Morgan fingerprint density at radius 2 is 2.11 bits per heavy atom. The van der Waals surface area contributed by atoms with Gasteiger partial charge < -0.3 is 5.73 Å². The van der Waals surface area contributed by atoms with Gasteiger partial charge >= 0.3 is 0 Å². The highest BCUT2D eigenvalue weighted by Crippen LogP contribution is 2.29. The Labute approximate surface area is 111 Å². The smallest absolute Gasteiger partial charge is 0.0643 e. The quantitative estimate of drug-likeness (QED) is 0.870. The zero-order valence-electron chi connectivity index (χ0n) is 12.0. The van der Waals surface area contributed by atoms with Gasteiger partial charge in [0.2, 0.25) is 0 Å². The number of nitrogens with zero attached hydrogens (tertiary/aromatic N) is 2. The minimum atomic E-state index is -0.116. The number of hydrogen-bond acceptors (Lipinski definition) is 2. The Morgan fingerprint density at radius 3 is 2.67 bits per heavy atom. The van der Waals surface area contributed by atoms with Gasteiger partial charge in [0.1, 0.15) is 0 Å². The van der Waals surface area contributed by atoms with Crippen LogP contribution < -0.4 is 5.73 Å². The molecule has 0 aromatic carbocycles. The van der Waals surface area contributed by atoms with Gasteiger partial charge in [-0.3, -0.25) is 4.68 Å². The van der Waals surface area contributed by atoms with Crippen molar-refractivity contribution in [3.63, 3.8) is 0 Å². The van der Waals surface area contributed by atoms with Gasteiger partial charge in [0.25, 0.3) is 0 Å². The predicted molar refractivity (Wildman–Crippen MR) is 75.5 cm³/mol. The van der Waals surface area contributed by atoms with Gasteiger partial charge in [0.15, 0.2) is 0 Å². The van der Waals surface area contributed by atoms with Crippen LogP contribution in [0.3, 0.4) is 0 Å². The molecule has 0 amide bonds. The van der Waals surface area contributed by atoms with Crippen LogP contribution >= 0.6 is 0 Å². The largest absolute Gasteiger partial charge is 0.325 e. The van der Waals surface area contributed by atoms with Crippen LogP contribution in [0.25, 0.3) is 0 Å². The van der Waals surface area contributed by atoms with Crippen LogP contribution in [0, 0.1) is 5.92 Å². The van der Waals surface area contributed by atoms with E-state index in [1.165, 1.54) is 25.7 Å². The monoisotopic (exact) mass is 249 g/mol. The van der Waals surface area contributed by atoms with Crippen LogP contribution in [0.5, 0.6) is 0 Å². The molecule has 1 atom stereocenters. The van der Waals surface area contributed by atoms with E-state index >= 15 is 0 Å². The molecule has 3 nitrogen and oxygen atoms in total. The zero-order chi connectivity index (χ0) is 13.2. The highest BCUT2D eigenvalue weighted by Gasteiger charge is 2.28. The summed E-state index contributed by atoms with van der Waals surface area (Å²) in [4.78, 5) is 0. The molecule has 102 valence electrons. The minimum Gasteiger partial charge on any atom is -0.325 e. The summed E-state index contributed by atoms with van der Waals surface area (Å²) >= 11 is 0. The maximum absolute atomic E-state index is 6.49. The molecule has 3 heteroatoms. The highest BCUT2D eigenvalue weighted by molar-refractivity contribution is 5.07. The molecule has 18 heavy (non-hydrogen) atoms. The standard InChI is InChI=1S/C15H27N3/c1-4-15(16,12(2)3)11-13-9-10-18(17-13)14-7-5-6-8-14/h9-10,12,14H,4-8,11,16H2,1-3H3. The maximum Gasteiger partial charge on any atom is 0.0643 e. The molecule has 1 aromatic heterocycles. The lowest BCUT2D eigenvalue weighted by molar-refractivity contribution is 0.292. The fraction of sp³-hybridized carbons (Fsp3) is 0.800. The van der Waals surface area contributed by atoms with Crippen LogP contribution in [0.1, 0.15) is 64.6 Å². The van der Waals surface area contributed by atoms with E-state index in [1.807, 2.05) is 0 Å². The normalized spacial score (nSPS) is 20.5. The minimum absolute atomic E-state index is 0.116. The molecule has 2 N–H and O–H groups in total. The lowest BCUT2D eigenvalue weighted by Gasteiger charge is -2.31. The summed E-state index contributed by atoms with van der Waals surface area (Å²) in [6.45, 7) is 6.59. The van der Waals surface area contributed by atoms with Crippen molar-refractivity contribution in [1.82, 2.24) is 9.78 Å². The molecule has 1 aromatic rings. The van der Waals surface area contributed by atoms with E-state index in [0.717, 1.165) is 18.5 Å². The van der Waals surface area contributed by atoms with Crippen molar-refractivity contribution in [2.75, 3.05) is 0 Å². The molecule has 2 rings (SSSR count). The van der Waals surface area contributed by atoms with Crippen LogP contribution in [0.2, 0.25) is 0 Å². The molecule has 1 fully saturated rings. The van der Waals surface area contributed by atoms with E-state index in [9.17, 15) is 0 Å². The van der Waals surface area contributed by atoms with E-state index in [0.29, 0.717) is 12.0 Å². The highest BCUT2D eigenvalue weighted by atomic mass is 15.3. The molecule has 0 saturated heterocycles. The topological polar surface area (TPSA) is 43.8 Å². The summed E-state index contributed by atoms with van der Waals surface area (Å²) in [6.07, 6.45) is 9.30. The van der Waals surface area contributed by atoms with Crippen LogP contribution in [0.15, 0.2) is 12.3 Å². The van der Waals surface area contributed by atoms with Crippen molar-refractivity contribution < 1.29 is 0 Å². The first-order valence-electron chi connectivity index (χ1n) is 7.38. The maximum atomic E-state index is 6.49. The Bertz CT molecular complexity index is 377. The van der Waals surface area contributed by atoms with Crippen LogP contribution in [0.4, 0.5) is 0 Å². The summed E-state index contributed by atoms with van der Waals surface area (Å²) in [5.41, 5.74) is 7.52. The molecule has 1 unspecified atom stereocenters. The van der Waals surface area contributed by atoms with E-state index in [2.05, 4.69) is 37.7 Å². The first kappa shape index (κ1) is 13.6. The van der Waals surface area contributed by atoms with E-state index in [1.54, 1.807) is 0 Å². The van der Waals surface area contributed by atoms with Crippen LogP contribution in [-0.2, 0) is 6.42 Å². The van der Waals surface area contributed by atoms with E-state index in [4.69, 9.17) is 10.8 Å². The SMILES string of the molecule is CCC(N)(Cc1ccn(C2CCCC2)n1)C(C)C. The summed E-state index contributed by atoms with van der Waals surface area (Å²) in [5.74, 6) is 0.485.